The minimum absolute atomic E-state index is 0.459. The molecule has 0 aliphatic heterocycles. The molecular weight excluding hydrogens is 354 g/mol. The molecule has 1 unspecified atom stereocenters. The molecule has 0 radical (unpaired) electrons. The zero-order chi connectivity index (χ0) is 19.9. The Morgan fingerprint density at radius 1 is 0.964 bits per heavy atom. The second-order valence-corrected chi connectivity index (χ2v) is 8.83. The molecule has 28 heavy (non-hydrogen) atoms. The lowest BCUT2D eigenvalue weighted by Crippen LogP contribution is -2.23. The van der Waals surface area contributed by atoms with Gasteiger partial charge in [-0.2, -0.15) is 0 Å². The summed E-state index contributed by atoms with van der Waals surface area (Å²) in [6, 6.07) is 10.7. The van der Waals surface area contributed by atoms with Gasteiger partial charge in [-0.15, -0.1) is 0 Å². The van der Waals surface area contributed by atoms with Crippen LogP contribution in [0.15, 0.2) is 36.4 Å². The Labute approximate surface area is 166 Å². The number of ketones is 1. The van der Waals surface area contributed by atoms with Gasteiger partial charge in [-0.05, 0) is 91.5 Å². The fourth-order valence-electron chi connectivity index (χ4n) is 5.57. The Balaban J connectivity index is 1.59. The second kappa shape index (κ2) is 7.42. The molecule has 2 aromatic rings. The molecule has 2 bridgehead atoms. The lowest BCUT2D eigenvalue weighted by molar-refractivity contribution is 0.101. The van der Waals surface area contributed by atoms with Gasteiger partial charge in [0.05, 0.1) is 5.56 Å². The van der Waals surface area contributed by atoms with Gasteiger partial charge in [0.1, 0.15) is 11.6 Å². The van der Waals surface area contributed by atoms with Crippen molar-refractivity contribution in [3.8, 4) is 11.1 Å². The Kier molecular flexibility index (Phi) is 5.11. The van der Waals surface area contributed by atoms with Crippen molar-refractivity contribution in [1.29, 1.82) is 0 Å². The number of Topliss-reactive ketones (excluding diaryl/α,β-unsaturated/α-hetero) is 1. The SMILES string of the molecule is CCC12CCC(CC1)C(c1ccc(-c3cc(F)c(C(C)=O)c(F)c3)cc1)CC2. The third-order valence-corrected chi connectivity index (χ3v) is 7.46. The van der Waals surface area contributed by atoms with E-state index in [1.165, 1.54) is 69.6 Å². The molecule has 3 aliphatic rings. The van der Waals surface area contributed by atoms with E-state index in [4.69, 9.17) is 0 Å². The van der Waals surface area contributed by atoms with Gasteiger partial charge in [-0.1, -0.05) is 37.6 Å². The van der Waals surface area contributed by atoms with Gasteiger partial charge in [-0.25, -0.2) is 8.78 Å². The van der Waals surface area contributed by atoms with Crippen molar-refractivity contribution in [3.63, 3.8) is 0 Å². The summed E-state index contributed by atoms with van der Waals surface area (Å²) in [6.45, 7) is 3.52. The summed E-state index contributed by atoms with van der Waals surface area (Å²) < 4.78 is 28.3. The number of rotatable bonds is 4. The molecule has 0 saturated heterocycles. The Morgan fingerprint density at radius 2 is 1.54 bits per heavy atom. The summed E-state index contributed by atoms with van der Waals surface area (Å²) in [5.74, 6) is -0.823. The van der Waals surface area contributed by atoms with Gasteiger partial charge < -0.3 is 0 Å². The van der Waals surface area contributed by atoms with E-state index in [1.54, 1.807) is 0 Å². The van der Waals surface area contributed by atoms with Crippen LogP contribution in [0.3, 0.4) is 0 Å². The smallest absolute Gasteiger partial charge is 0.165 e. The highest BCUT2D eigenvalue weighted by Gasteiger charge is 2.40. The number of hydrogen-bond donors (Lipinski definition) is 0. The van der Waals surface area contributed by atoms with Gasteiger partial charge in [0.15, 0.2) is 5.78 Å². The van der Waals surface area contributed by atoms with Gasteiger partial charge in [0.25, 0.3) is 0 Å². The number of carbonyl (C=O) groups is 1. The number of hydrogen-bond acceptors (Lipinski definition) is 1. The first-order valence-corrected chi connectivity index (χ1v) is 10.5. The summed E-state index contributed by atoms with van der Waals surface area (Å²) in [5, 5.41) is 0. The average molecular weight is 382 g/mol. The zero-order valence-electron chi connectivity index (χ0n) is 16.7. The predicted octanol–water partition coefficient (Wildman–Crippen LogP) is 7.30. The largest absolute Gasteiger partial charge is 0.294 e. The molecule has 1 nitrogen and oxygen atoms in total. The molecule has 0 N–H and O–H groups in total. The van der Waals surface area contributed by atoms with Crippen LogP contribution in [0.5, 0.6) is 0 Å². The van der Waals surface area contributed by atoms with Gasteiger partial charge in [0.2, 0.25) is 0 Å². The van der Waals surface area contributed by atoms with E-state index in [0.29, 0.717) is 16.9 Å². The first-order valence-electron chi connectivity index (χ1n) is 10.5. The van der Waals surface area contributed by atoms with Crippen LogP contribution >= 0.6 is 0 Å². The molecule has 148 valence electrons. The molecule has 0 heterocycles. The Morgan fingerprint density at radius 3 is 2.07 bits per heavy atom. The fraction of sp³-hybridized carbons (Fsp3) is 0.480. The molecule has 2 aromatic carbocycles. The van der Waals surface area contributed by atoms with E-state index in [0.717, 1.165) is 11.5 Å². The molecule has 3 heteroatoms. The maximum Gasteiger partial charge on any atom is 0.165 e. The van der Waals surface area contributed by atoms with Crippen LogP contribution in [0.2, 0.25) is 0 Å². The first kappa shape index (κ1) is 19.3. The van der Waals surface area contributed by atoms with Crippen molar-refractivity contribution in [3.05, 3.63) is 59.2 Å². The van der Waals surface area contributed by atoms with E-state index in [2.05, 4.69) is 19.1 Å². The van der Waals surface area contributed by atoms with E-state index in [9.17, 15) is 13.6 Å². The molecule has 3 saturated carbocycles. The quantitative estimate of drug-likeness (QED) is 0.507. The van der Waals surface area contributed by atoms with E-state index in [-0.39, 0.29) is 0 Å². The molecule has 1 atom stereocenters. The van der Waals surface area contributed by atoms with Crippen molar-refractivity contribution < 1.29 is 13.6 Å². The third-order valence-electron chi connectivity index (χ3n) is 7.46. The van der Waals surface area contributed by atoms with E-state index < -0.39 is 23.0 Å². The van der Waals surface area contributed by atoms with Crippen LogP contribution in [0.1, 0.15) is 80.6 Å². The van der Waals surface area contributed by atoms with E-state index in [1.807, 2.05) is 12.1 Å². The molecule has 3 fully saturated rings. The fourth-order valence-corrected chi connectivity index (χ4v) is 5.57. The normalized spacial score (nSPS) is 26.9. The average Bonchev–Trinajstić information content (AvgIpc) is 2.98. The van der Waals surface area contributed by atoms with Gasteiger partial charge in [0, 0.05) is 0 Å². The first-order chi connectivity index (χ1) is 13.4. The monoisotopic (exact) mass is 382 g/mol. The highest BCUT2D eigenvalue weighted by atomic mass is 19.1. The lowest BCUT2D eigenvalue weighted by atomic mass is 9.69. The Bertz CT molecular complexity index is 853. The van der Waals surface area contributed by atoms with Crippen molar-refractivity contribution in [2.75, 3.05) is 0 Å². The lowest BCUT2D eigenvalue weighted by Gasteiger charge is -2.36. The van der Waals surface area contributed by atoms with Gasteiger partial charge >= 0.3 is 0 Å². The van der Waals surface area contributed by atoms with Crippen molar-refractivity contribution in [1.82, 2.24) is 0 Å². The Hall–Kier alpha value is -2.03. The van der Waals surface area contributed by atoms with Crippen LogP contribution in [0.4, 0.5) is 8.78 Å². The molecule has 3 aliphatic carbocycles. The highest BCUT2D eigenvalue weighted by Crippen LogP contribution is 2.54. The minimum atomic E-state index is -0.794. The standard InChI is InChI=1S/C25H28F2O/c1-3-25-11-8-19(9-12-25)21(10-13-25)18-6-4-17(5-7-18)20-14-22(26)24(16(2)28)23(27)15-20/h4-7,14-15,19,21H,3,8-13H2,1-2H3. The summed E-state index contributed by atoms with van der Waals surface area (Å²) in [5.41, 5.74) is 2.71. The number of carbonyl (C=O) groups excluding carboxylic acids is 1. The summed E-state index contributed by atoms with van der Waals surface area (Å²) in [4.78, 5) is 11.4. The van der Waals surface area contributed by atoms with Crippen molar-refractivity contribution in [2.24, 2.45) is 11.3 Å². The van der Waals surface area contributed by atoms with Crippen molar-refractivity contribution >= 4 is 5.78 Å². The number of halogens is 2. The minimum Gasteiger partial charge on any atom is -0.294 e. The topological polar surface area (TPSA) is 17.1 Å². The van der Waals surface area contributed by atoms with Crippen LogP contribution in [0, 0.1) is 23.0 Å². The number of benzene rings is 2. The highest BCUT2D eigenvalue weighted by molar-refractivity contribution is 5.95. The van der Waals surface area contributed by atoms with E-state index >= 15 is 0 Å². The molecule has 5 rings (SSSR count). The molecule has 0 spiro atoms. The van der Waals surface area contributed by atoms with Gasteiger partial charge in [-0.3, -0.25) is 4.79 Å². The van der Waals surface area contributed by atoms with Crippen LogP contribution in [0.25, 0.3) is 11.1 Å². The van der Waals surface area contributed by atoms with Crippen LogP contribution in [-0.4, -0.2) is 5.78 Å². The third kappa shape index (κ3) is 3.40. The molecule has 0 amide bonds. The van der Waals surface area contributed by atoms with Crippen LogP contribution < -0.4 is 0 Å². The zero-order valence-corrected chi connectivity index (χ0v) is 16.7. The summed E-state index contributed by atoms with van der Waals surface area (Å²) in [7, 11) is 0. The second-order valence-electron chi connectivity index (χ2n) is 8.83. The molecule has 0 aromatic heterocycles. The summed E-state index contributed by atoms with van der Waals surface area (Å²) >= 11 is 0. The number of fused-ring (bicyclic) bond motifs is 4. The maximum atomic E-state index is 14.2. The predicted molar refractivity (Wildman–Crippen MR) is 108 cm³/mol. The van der Waals surface area contributed by atoms with Crippen LogP contribution in [-0.2, 0) is 0 Å². The summed E-state index contributed by atoms with van der Waals surface area (Å²) in [6.07, 6.45) is 9.22. The van der Waals surface area contributed by atoms with Crippen molar-refractivity contribution in [2.45, 2.75) is 64.7 Å². The molecular formula is C25H28F2O. The maximum absolute atomic E-state index is 14.2.